The standard InChI is InChI=1S/C46H20Cl7N3O6S/c47-32-28-29(35(50)42(38(32)53)63-17-18-6-2-1-3-7-18)41(58)27(40(28)57)24-14-13-21-20(16-55-43(59)22-10-4-8-19-9-5-11-23(26(19)22)44(55)60)12-15-25(39(21)54-24)56-45(61)30-31(46(56)62)34(49)37(52)36(51)33(30)48/h1-15,27H,16-17H2. The zero-order valence-electron chi connectivity index (χ0n) is 31.5. The van der Waals surface area contributed by atoms with Crippen molar-refractivity contribution in [1.29, 1.82) is 0 Å². The van der Waals surface area contributed by atoms with Crippen LogP contribution in [0.25, 0.3) is 21.7 Å². The first-order valence-electron chi connectivity index (χ1n) is 18.7. The van der Waals surface area contributed by atoms with E-state index in [-0.39, 0.29) is 86.2 Å². The molecule has 10 rings (SSSR count). The summed E-state index contributed by atoms with van der Waals surface area (Å²) in [6.07, 6.45) is 0. The molecule has 0 radical (unpaired) electrons. The molecule has 1 unspecified atom stereocenters. The van der Waals surface area contributed by atoms with Crippen LogP contribution in [0, 0.1) is 0 Å². The summed E-state index contributed by atoms with van der Waals surface area (Å²) in [6.45, 7) is -0.273. The molecule has 0 fully saturated rings. The van der Waals surface area contributed by atoms with Crippen LogP contribution in [-0.4, -0.2) is 45.1 Å². The molecule has 4 amide bonds. The molecule has 1 aliphatic carbocycles. The Hall–Kier alpha value is -5.01. The molecule has 63 heavy (non-hydrogen) atoms. The lowest BCUT2D eigenvalue weighted by molar-refractivity contribution is 0.0597. The lowest BCUT2D eigenvalue weighted by atomic mass is 9.93. The maximum absolute atomic E-state index is 14.5. The number of anilines is 1. The highest BCUT2D eigenvalue weighted by molar-refractivity contribution is 7.98. The molecular weight excluding hydrogens is 971 g/mol. The van der Waals surface area contributed by atoms with Crippen LogP contribution in [0.3, 0.4) is 0 Å². The van der Waals surface area contributed by atoms with Gasteiger partial charge < -0.3 is 0 Å². The first-order valence-corrected chi connectivity index (χ1v) is 22.3. The Labute approximate surface area is 395 Å². The van der Waals surface area contributed by atoms with E-state index in [0.717, 1.165) is 20.7 Å². The number of imide groups is 2. The number of hydrogen-bond acceptors (Lipinski definition) is 8. The van der Waals surface area contributed by atoms with Crippen LogP contribution in [0.2, 0.25) is 35.2 Å². The normalized spacial score (nSPS) is 15.7. The molecular formula is C46H20Cl7N3O6S. The summed E-state index contributed by atoms with van der Waals surface area (Å²) in [6, 6.07) is 25.7. The smallest absolute Gasteiger partial charge is 0.267 e. The van der Waals surface area contributed by atoms with Gasteiger partial charge in [0.1, 0.15) is 5.92 Å². The maximum atomic E-state index is 14.5. The number of fused-ring (bicyclic) bond motifs is 3. The van der Waals surface area contributed by atoms with Gasteiger partial charge in [0.15, 0.2) is 11.6 Å². The van der Waals surface area contributed by atoms with Gasteiger partial charge in [-0.15, -0.1) is 11.8 Å². The van der Waals surface area contributed by atoms with Crippen molar-refractivity contribution in [3.05, 3.63) is 176 Å². The molecule has 0 bridgehead atoms. The second-order valence-electron chi connectivity index (χ2n) is 14.7. The summed E-state index contributed by atoms with van der Waals surface area (Å²) in [7, 11) is 0. The average molecular weight is 991 g/mol. The lowest BCUT2D eigenvalue weighted by Gasteiger charge is -2.28. The number of pyridine rings is 1. The Morgan fingerprint density at radius 1 is 0.540 bits per heavy atom. The number of thioether (sulfide) groups is 1. The zero-order chi connectivity index (χ0) is 44.3. The van der Waals surface area contributed by atoms with Crippen molar-refractivity contribution in [2.24, 2.45) is 0 Å². The summed E-state index contributed by atoms with van der Waals surface area (Å²) in [5.74, 6) is -5.49. The van der Waals surface area contributed by atoms with Crippen molar-refractivity contribution in [2.75, 3.05) is 4.90 Å². The molecule has 1 atom stereocenters. The van der Waals surface area contributed by atoms with E-state index in [9.17, 15) is 28.8 Å². The fraction of sp³-hybridized carbons (Fsp3) is 0.0652. The molecule has 0 spiro atoms. The number of aromatic nitrogens is 1. The SMILES string of the molecule is O=C1c2c(Cl)c(Cl)c(SCc3ccccc3)c(Cl)c2C(=O)C1c1ccc2c(CN3C(=O)c4cccc5cccc(c45)C3=O)ccc(N3C(=O)c4c(Cl)c(Cl)c(Cl)c(Cl)c4C3=O)c2n1. The molecule has 3 heterocycles. The third-order valence-corrected chi connectivity index (χ3v) is 15.7. The molecule has 310 valence electrons. The van der Waals surface area contributed by atoms with Crippen LogP contribution in [0.4, 0.5) is 5.69 Å². The van der Waals surface area contributed by atoms with Crippen molar-refractivity contribution < 1.29 is 28.8 Å². The minimum Gasteiger partial charge on any atom is -0.293 e. The van der Waals surface area contributed by atoms with E-state index >= 15 is 0 Å². The Morgan fingerprint density at radius 3 is 1.71 bits per heavy atom. The molecule has 6 aromatic carbocycles. The minimum absolute atomic E-state index is 0.00497. The van der Waals surface area contributed by atoms with E-state index in [1.54, 1.807) is 24.3 Å². The molecule has 0 saturated carbocycles. The number of benzene rings is 6. The van der Waals surface area contributed by atoms with E-state index in [2.05, 4.69) is 0 Å². The van der Waals surface area contributed by atoms with Crippen LogP contribution in [0.15, 0.2) is 95.9 Å². The van der Waals surface area contributed by atoms with Crippen LogP contribution in [0.5, 0.6) is 0 Å². The lowest BCUT2D eigenvalue weighted by Crippen LogP contribution is -2.39. The van der Waals surface area contributed by atoms with Crippen LogP contribution in [-0.2, 0) is 12.3 Å². The monoisotopic (exact) mass is 987 g/mol. The van der Waals surface area contributed by atoms with Gasteiger partial charge in [0.25, 0.3) is 23.6 Å². The molecule has 1 aromatic heterocycles. The van der Waals surface area contributed by atoms with Gasteiger partial charge in [-0.1, -0.05) is 148 Å². The number of halogens is 7. The maximum Gasteiger partial charge on any atom is 0.267 e. The Bertz CT molecular complexity index is 3250. The predicted molar refractivity (Wildman–Crippen MR) is 246 cm³/mol. The fourth-order valence-corrected chi connectivity index (χ4v) is 11.5. The van der Waals surface area contributed by atoms with Crippen molar-refractivity contribution >= 4 is 156 Å². The summed E-state index contributed by atoms with van der Waals surface area (Å²) in [5.41, 5.74) is 0.833. The second kappa shape index (κ2) is 15.6. The van der Waals surface area contributed by atoms with Crippen LogP contribution < -0.4 is 4.90 Å². The third kappa shape index (κ3) is 6.25. The Balaban J connectivity index is 1.11. The first-order chi connectivity index (χ1) is 30.2. The number of rotatable bonds is 7. The number of amides is 4. The molecule has 7 aromatic rings. The van der Waals surface area contributed by atoms with Crippen molar-refractivity contribution in [1.82, 2.24) is 9.88 Å². The van der Waals surface area contributed by atoms with Gasteiger partial charge in [-0.3, -0.25) is 33.7 Å². The first kappa shape index (κ1) is 42.0. The third-order valence-electron chi connectivity index (χ3n) is 11.3. The highest BCUT2D eigenvalue weighted by Crippen LogP contribution is 2.51. The summed E-state index contributed by atoms with van der Waals surface area (Å²) in [5, 5.41) is 0.245. The van der Waals surface area contributed by atoms with Crippen LogP contribution in [0.1, 0.15) is 84.9 Å². The van der Waals surface area contributed by atoms with Gasteiger partial charge >= 0.3 is 0 Å². The molecule has 9 nitrogen and oxygen atoms in total. The summed E-state index contributed by atoms with van der Waals surface area (Å²) in [4.78, 5) is 92.3. The van der Waals surface area contributed by atoms with Gasteiger partial charge in [0.2, 0.25) is 0 Å². The van der Waals surface area contributed by atoms with E-state index < -0.39 is 41.1 Å². The van der Waals surface area contributed by atoms with Crippen LogP contribution >= 0.6 is 93.0 Å². The number of carbonyl (C=O) groups is 6. The Kier molecular flexibility index (Phi) is 10.4. The van der Waals surface area contributed by atoms with E-state index in [4.69, 9.17) is 86.2 Å². The summed E-state index contributed by atoms with van der Waals surface area (Å²) >= 11 is 47.2. The van der Waals surface area contributed by atoms with Crippen molar-refractivity contribution in [3.63, 3.8) is 0 Å². The second-order valence-corrected chi connectivity index (χ2v) is 18.3. The number of Topliss-reactive ketones (excluding diaryl/α,β-unsaturated/α-hetero) is 2. The number of carbonyl (C=O) groups excluding carboxylic acids is 6. The van der Waals surface area contributed by atoms with E-state index in [0.29, 0.717) is 32.7 Å². The molecule has 3 aliphatic rings. The number of hydrogen-bond donors (Lipinski definition) is 0. The summed E-state index contributed by atoms with van der Waals surface area (Å²) < 4.78 is 0. The predicted octanol–water partition coefficient (Wildman–Crippen LogP) is 13.0. The van der Waals surface area contributed by atoms with E-state index in [1.807, 2.05) is 42.5 Å². The van der Waals surface area contributed by atoms with Gasteiger partial charge in [0, 0.05) is 32.5 Å². The minimum atomic E-state index is -1.58. The molecule has 0 saturated heterocycles. The highest BCUT2D eigenvalue weighted by atomic mass is 35.5. The van der Waals surface area contributed by atoms with Crippen molar-refractivity contribution in [3.8, 4) is 0 Å². The molecule has 2 aliphatic heterocycles. The highest BCUT2D eigenvalue weighted by Gasteiger charge is 2.47. The van der Waals surface area contributed by atoms with Gasteiger partial charge in [-0.25, -0.2) is 9.88 Å². The number of nitrogens with zero attached hydrogens (tertiary/aromatic N) is 3. The van der Waals surface area contributed by atoms with Gasteiger partial charge in [-0.2, -0.15) is 0 Å². The fourth-order valence-electron chi connectivity index (χ4n) is 8.35. The Morgan fingerprint density at radius 2 is 1.11 bits per heavy atom. The number of ketones is 2. The van der Waals surface area contributed by atoms with E-state index in [1.165, 1.54) is 36.0 Å². The topological polar surface area (TPSA) is 122 Å². The largest absolute Gasteiger partial charge is 0.293 e. The molecule has 0 N–H and O–H groups in total. The van der Waals surface area contributed by atoms with Crippen molar-refractivity contribution in [2.45, 2.75) is 23.1 Å². The average Bonchev–Trinajstić information content (AvgIpc) is 3.71. The van der Waals surface area contributed by atoms with Gasteiger partial charge in [-0.05, 0) is 40.8 Å². The zero-order valence-corrected chi connectivity index (χ0v) is 37.6. The van der Waals surface area contributed by atoms with Gasteiger partial charge in [0.05, 0.1) is 80.9 Å². The molecule has 17 heteroatoms. The quantitative estimate of drug-likeness (QED) is 0.0509.